The second-order valence-corrected chi connectivity index (χ2v) is 4.10. The molecule has 2 aromatic rings. The first-order valence-electron chi connectivity index (χ1n) is 4.51. The van der Waals surface area contributed by atoms with E-state index in [9.17, 15) is 5.11 Å². The molecule has 0 aromatic carbocycles. The second-order valence-electron chi connectivity index (χ2n) is 3.12. The van der Waals surface area contributed by atoms with E-state index in [-0.39, 0.29) is 6.61 Å². The summed E-state index contributed by atoms with van der Waals surface area (Å²) in [5, 5.41) is 28.0. The molecule has 0 aliphatic carbocycles. The van der Waals surface area contributed by atoms with Crippen LogP contribution in [0, 0.1) is 0 Å². The molecule has 0 unspecified atom stereocenters. The van der Waals surface area contributed by atoms with E-state index in [0.717, 1.165) is 4.88 Å². The van der Waals surface area contributed by atoms with Crippen LogP contribution in [-0.2, 0) is 13.2 Å². The van der Waals surface area contributed by atoms with Gasteiger partial charge < -0.3 is 10.2 Å². The minimum atomic E-state index is -0.571. The Balaban J connectivity index is 2.02. The van der Waals surface area contributed by atoms with Gasteiger partial charge in [0, 0.05) is 4.88 Å². The van der Waals surface area contributed by atoms with Crippen molar-refractivity contribution < 1.29 is 10.2 Å². The van der Waals surface area contributed by atoms with Crippen LogP contribution < -0.4 is 0 Å². The number of hydrogen-bond acceptors (Lipinski definition) is 5. The van der Waals surface area contributed by atoms with E-state index in [1.54, 1.807) is 6.20 Å². The Morgan fingerprint density at radius 3 is 3.00 bits per heavy atom. The molecule has 0 aliphatic rings. The van der Waals surface area contributed by atoms with Gasteiger partial charge in [0.05, 0.1) is 19.3 Å². The Labute approximate surface area is 90.6 Å². The Morgan fingerprint density at radius 2 is 2.40 bits per heavy atom. The Kier molecular flexibility index (Phi) is 3.10. The van der Waals surface area contributed by atoms with E-state index in [1.165, 1.54) is 16.0 Å². The van der Waals surface area contributed by atoms with Gasteiger partial charge >= 0.3 is 0 Å². The van der Waals surface area contributed by atoms with Gasteiger partial charge in [-0.1, -0.05) is 11.3 Å². The number of aliphatic hydroxyl groups excluding tert-OH is 2. The van der Waals surface area contributed by atoms with Crippen molar-refractivity contribution in [1.82, 2.24) is 15.0 Å². The average molecular weight is 225 g/mol. The highest BCUT2D eigenvalue weighted by Gasteiger charge is 2.10. The Hall–Kier alpha value is -1.24. The van der Waals surface area contributed by atoms with Crippen molar-refractivity contribution in [3.05, 3.63) is 34.3 Å². The first-order valence-corrected chi connectivity index (χ1v) is 5.39. The average Bonchev–Trinajstić information content (AvgIpc) is 2.87. The third kappa shape index (κ3) is 2.41. The van der Waals surface area contributed by atoms with E-state index in [0.29, 0.717) is 12.2 Å². The largest absolute Gasteiger partial charge is 0.390 e. The molecule has 5 nitrogen and oxygen atoms in total. The lowest BCUT2D eigenvalue weighted by Crippen LogP contribution is -2.08. The number of thiophene rings is 1. The zero-order valence-electron chi connectivity index (χ0n) is 7.95. The molecule has 0 bridgehead atoms. The molecule has 2 aromatic heterocycles. The number of aromatic nitrogens is 3. The van der Waals surface area contributed by atoms with Crippen molar-refractivity contribution in [2.45, 2.75) is 19.3 Å². The van der Waals surface area contributed by atoms with Gasteiger partial charge in [0.1, 0.15) is 11.8 Å². The molecule has 6 heteroatoms. The summed E-state index contributed by atoms with van der Waals surface area (Å²) in [5.74, 6) is 0. The van der Waals surface area contributed by atoms with Crippen LogP contribution in [0.1, 0.15) is 16.7 Å². The summed E-state index contributed by atoms with van der Waals surface area (Å²) in [6.45, 7) is 0.225. The molecule has 2 heterocycles. The lowest BCUT2D eigenvalue weighted by Gasteiger charge is -2.06. The predicted octanol–water partition coefficient (Wildman–Crippen LogP) is 0.565. The maximum Gasteiger partial charge on any atom is 0.108 e. The van der Waals surface area contributed by atoms with Crippen molar-refractivity contribution in [3.8, 4) is 0 Å². The number of aliphatic hydroxyl groups is 2. The molecule has 2 N–H and O–H groups in total. The zero-order valence-corrected chi connectivity index (χ0v) is 8.76. The third-order valence-electron chi connectivity index (χ3n) is 1.98. The van der Waals surface area contributed by atoms with Gasteiger partial charge in [0.15, 0.2) is 0 Å². The van der Waals surface area contributed by atoms with Crippen LogP contribution in [0.15, 0.2) is 23.7 Å². The summed E-state index contributed by atoms with van der Waals surface area (Å²) in [6.07, 6.45) is 1.05. The summed E-state index contributed by atoms with van der Waals surface area (Å²) in [4.78, 5) is 0.899. The minimum Gasteiger partial charge on any atom is -0.390 e. The monoisotopic (exact) mass is 225 g/mol. The van der Waals surface area contributed by atoms with Crippen molar-refractivity contribution in [1.29, 1.82) is 0 Å². The van der Waals surface area contributed by atoms with Gasteiger partial charge in [-0.2, -0.15) is 0 Å². The maximum atomic E-state index is 9.80. The van der Waals surface area contributed by atoms with Crippen molar-refractivity contribution in [2.24, 2.45) is 0 Å². The van der Waals surface area contributed by atoms with Gasteiger partial charge in [-0.05, 0) is 11.4 Å². The van der Waals surface area contributed by atoms with Crippen LogP contribution in [-0.4, -0.2) is 25.2 Å². The normalized spacial score (nSPS) is 12.9. The van der Waals surface area contributed by atoms with Gasteiger partial charge in [0.25, 0.3) is 0 Å². The third-order valence-corrected chi connectivity index (χ3v) is 2.95. The maximum absolute atomic E-state index is 9.80. The highest BCUT2D eigenvalue weighted by Crippen LogP contribution is 2.19. The molecule has 1 atom stereocenters. The minimum absolute atomic E-state index is 0.130. The zero-order chi connectivity index (χ0) is 10.7. The Morgan fingerprint density at radius 1 is 1.53 bits per heavy atom. The van der Waals surface area contributed by atoms with Crippen LogP contribution in [0.2, 0.25) is 0 Å². The first-order chi connectivity index (χ1) is 7.29. The summed E-state index contributed by atoms with van der Waals surface area (Å²) in [5.41, 5.74) is 0.508. The lowest BCUT2D eigenvalue weighted by atomic mass is 10.3. The SMILES string of the molecule is OCc1cn(C[C@@H](O)c2cccs2)nn1. The standard InChI is InChI=1S/C9H11N3O2S/c13-6-7-4-12(11-10-7)5-8(14)9-2-1-3-15-9/h1-4,8,13-14H,5-6H2/t8-/m1/s1. The lowest BCUT2D eigenvalue weighted by molar-refractivity contribution is 0.154. The summed E-state index contributed by atoms with van der Waals surface area (Å²) in [7, 11) is 0. The van der Waals surface area contributed by atoms with Crippen molar-refractivity contribution >= 4 is 11.3 Å². The molecule has 0 amide bonds. The van der Waals surface area contributed by atoms with E-state index >= 15 is 0 Å². The number of nitrogens with zero attached hydrogens (tertiary/aromatic N) is 3. The first kappa shape index (κ1) is 10.3. The highest BCUT2D eigenvalue weighted by molar-refractivity contribution is 7.10. The molecule has 2 rings (SSSR count). The van der Waals surface area contributed by atoms with E-state index in [1.807, 2.05) is 17.5 Å². The van der Waals surface area contributed by atoms with Crippen molar-refractivity contribution in [3.63, 3.8) is 0 Å². The van der Waals surface area contributed by atoms with Crippen LogP contribution >= 0.6 is 11.3 Å². The molecular formula is C9H11N3O2S. The van der Waals surface area contributed by atoms with Crippen molar-refractivity contribution in [2.75, 3.05) is 0 Å². The summed E-state index contributed by atoms with van der Waals surface area (Å²) >= 11 is 1.50. The quantitative estimate of drug-likeness (QED) is 0.797. The van der Waals surface area contributed by atoms with Gasteiger partial charge in [-0.3, -0.25) is 0 Å². The molecule has 15 heavy (non-hydrogen) atoms. The van der Waals surface area contributed by atoms with Crippen LogP contribution in [0.4, 0.5) is 0 Å². The molecule has 0 saturated carbocycles. The van der Waals surface area contributed by atoms with E-state index in [4.69, 9.17) is 5.11 Å². The van der Waals surface area contributed by atoms with E-state index in [2.05, 4.69) is 10.3 Å². The summed E-state index contributed by atoms with van der Waals surface area (Å²) in [6, 6.07) is 3.77. The van der Waals surface area contributed by atoms with Crippen LogP contribution in [0.25, 0.3) is 0 Å². The Bertz CT molecular complexity index is 413. The smallest absolute Gasteiger partial charge is 0.108 e. The summed E-state index contributed by atoms with van der Waals surface area (Å²) < 4.78 is 1.52. The molecule has 0 fully saturated rings. The molecular weight excluding hydrogens is 214 g/mol. The van der Waals surface area contributed by atoms with Crippen LogP contribution in [0.3, 0.4) is 0 Å². The van der Waals surface area contributed by atoms with Gasteiger partial charge in [-0.15, -0.1) is 16.4 Å². The highest BCUT2D eigenvalue weighted by atomic mass is 32.1. The molecule has 0 saturated heterocycles. The predicted molar refractivity (Wildman–Crippen MR) is 55.2 cm³/mol. The number of rotatable bonds is 4. The fourth-order valence-corrected chi connectivity index (χ4v) is 1.95. The topological polar surface area (TPSA) is 71.2 Å². The second kappa shape index (κ2) is 4.52. The van der Waals surface area contributed by atoms with E-state index < -0.39 is 6.10 Å². The molecule has 0 radical (unpaired) electrons. The fourth-order valence-electron chi connectivity index (χ4n) is 1.25. The molecule has 0 aliphatic heterocycles. The number of hydrogen-bond donors (Lipinski definition) is 2. The van der Waals surface area contributed by atoms with Crippen LogP contribution in [0.5, 0.6) is 0 Å². The van der Waals surface area contributed by atoms with Gasteiger partial charge in [-0.25, -0.2) is 4.68 Å². The van der Waals surface area contributed by atoms with Gasteiger partial charge in [0.2, 0.25) is 0 Å². The molecule has 80 valence electrons. The molecule has 0 spiro atoms. The fraction of sp³-hybridized carbons (Fsp3) is 0.333.